The zero-order valence-electron chi connectivity index (χ0n) is 7.29. The summed E-state index contributed by atoms with van der Waals surface area (Å²) in [7, 11) is 0. The molecule has 1 N–H and O–H groups in total. The van der Waals surface area contributed by atoms with Gasteiger partial charge in [0, 0.05) is 55.2 Å². The maximum atomic E-state index is 10.9. The Labute approximate surface area is 113 Å². The first kappa shape index (κ1) is 12.7. The molecule has 0 heterocycles. The van der Waals surface area contributed by atoms with Crippen LogP contribution < -0.4 is 0 Å². The predicted molar refractivity (Wildman–Crippen MR) is 48.4 cm³/mol. The summed E-state index contributed by atoms with van der Waals surface area (Å²) in [5, 5.41) is 0. The standard InChI is InChI=1S/C10H9NO.Ac/c1-3-8-6-9(7(2)12)4-5-10(8)11;/h1,4-6H,2H3,(H2,11,12);/p-1. The number of ketones is 1. The van der Waals surface area contributed by atoms with E-state index in [1.54, 1.807) is 12.1 Å². The number of carbonyl (C=O) groups excluding carboxylic acids is 1. The SMILES string of the molecule is C#Cc1cc(C(C)=O)ccc1[NH-].[Ac]. The molecular formula is C10H8AcNO-. The predicted octanol–water partition coefficient (Wildman–Crippen LogP) is 2.55. The summed E-state index contributed by atoms with van der Waals surface area (Å²) in [6, 6.07) is 4.70. The molecule has 3 heteroatoms. The molecule has 63 valence electrons. The summed E-state index contributed by atoms with van der Waals surface area (Å²) in [6.07, 6.45) is 5.14. The van der Waals surface area contributed by atoms with Crippen LogP contribution in [0.5, 0.6) is 0 Å². The second kappa shape index (κ2) is 5.43. The van der Waals surface area contributed by atoms with Gasteiger partial charge >= 0.3 is 0 Å². The number of nitrogens with one attached hydrogen (secondary N) is 1. The molecule has 0 spiro atoms. The van der Waals surface area contributed by atoms with E-state index >= 15 is 0 Å². The van der Waals surface area contributed by atoms with Crippen LogP contribution >= 0.6 is 0 Å². The van der Waals surface area contributed by atoms with Crippen LogP contribution in [-0.2, 0) is 0 Å². The number of rotatable bonds is 1. The molecule has 0 unspecified atom stereocenters. The Balaban J connectivity index is 0.00000144. The Morgan fingerprint density at radius 1 is 1.54 bits per heavy atom. The van der Waals surface area contributed by atoms with Gasteiger partial charge < -0.3 is 5.73 Å². The molecule has 0 aliphatic rings. The van der Waals surface area contributed by atoms with Gasteiger partial charge in [0.2, 0.25) is 0 Å². The van der Waals surface area contributed by atoms with E-state index in [-0.39, 0.29) is 55.5 Å². The molecule has 0 atom stereocenters. The van der Waals surface area contributed by atoms with E-state index < -0.39 is 0 Å². The number of benzene rings is 1. The van der Waals surface area contributed by atoms with E-state index in [0.29, 0.717) is 11.1 Å². The third-order valence-electron chi connectivity index (χ3n) is 1.58. The Hall–Kier alpha value is -0.308. The maximum absolute atomic E-state index is 10.9. The van der Waals surface area contributed by atoms with Crippen molar-refractivity contribution >= 4 is 11.5 Å². The van der Waals surface area contributed by atoms with Gasteiger partial charge in [0.05, 0.1) is 0 Å². The summed E-state index contributed by atoms with van der Waals surface area (Å²) >= 11 is 0. The molecule has 0 saturated carbocycles. The molecule has 0 bridgehead atoms. The van der Waals surface area contributed by atoms with Gasteiger partial charge in [-0.15, -0.1) is 12.1 Å². The average Bonchev–Trinajstić information content (AvgIpc) is 2.05. The number of carbonyl (C=O) groups is 1. The van der Waals surface area contributed by atoms with Crippen molar-refractivity contribution in [2.24, 2.45) is 0 Å². The van der Waals surface area contributed by atoms with Gasteiger partial charge in [0.15, 0.2) is 5.78 Å². The number of hydrogen-bond donors (Lipinski definition) is 0. The minimum atomic E-state index is -0.0356. The van der Waals surface area contributed by atoms with E-state index in [1.807, 2.05) is 0 Å². The van der Waals surface area contributed by atoms with Crippen LogP contribution in [0, 0.1) is 56.4 Å². The Kier molecular flexibility index (Phi) is 5.30. The monoisotopic (exact) mass is 385 g/mol. The van der Waals surface area contributed by atoms with Crippen LogP contribution in [0.4, 0.5) is 5.69 Å². The van der Waals surface area contributed by atoms with Crippen LogP contribution in [-0.4, -0.2) is 5.78 Å². The zero-order valence-corrected chi connectivity index (χ0v) is 12.0. The van der Waals surface area contributed by atoms with Crippen LogP contribution in [0.15, 0.2) is 18.2 Å². The molecule has 0 aromatic heterocycles. The molecule has 0 aliphatic carbocycles. The first-order chi connectivity index (χ1) is 5.65. The van der Waals surface area contributed by atoms with E-state index in [2.05, 4.69) is 5.92 Å². The molecule has 2 nitrogen and oxygen atoms in total. The van der Waals surface area contributed by atoms with Gasteiger partial charge in [-0.1, -0.05) is 18.1 Å². The minimum absolute atomic E-state index is 0. The Morgan fingerprint density at radius 2 is 2.15 bits per heavy atom. The maximum Gasteiger partial charge on any atom is 0.159 e. The van der Waals surface area contributed by atoms with Crippen LogP contribution in [0.25, 0.3) is 5.73 Å². The molecule has 13 heavy (non-hydrogen) atoms. The quantitative estimate of drug-likeness (QED) is 0.541. The van der Waals surface area contributed by atoms with Gasteiger partial charge in [-0.3, -0.25) is 4.79 Å². The fourth-order valence-electron chi connectivity index (χ4n) is 0.883. The number of Topliss-reactive ketones (excluding diaryl/α,β-unsaturated/α-hetero) is 1. The van der Waals surface area contributed by atoms with E-state index in [9.17, 15) is 4.79 Å². The van der Waals surface area contributed by atoms with Crippen LogP contribution in [0.3, 0.4) is 0 Å². The van der Waals surface area contributed by atoms with Crippen molar-refractivity contribution in [3.8, 4) is 12.3 Å². The molecule has 0 saturated heterocycles. The van der Waals surface area contributed by atoms with Gasteiger partial charge in [-0.05, 0) is 13.0 Å². The molecule has 1 rings (SSSR count). The molecule has 0 amide bonds. The van der Waals surface area contributed by atoms with Gasteiger partial charge in [-0.2, -0.15) is 0 Å². The van der Waals surface area contributed by atoms with Crippen molar-refractivity contribution in [3.05, 3.63) is 35.1 Å². The first-order valence-electron chi connectivity index (χ1n) is 3.48. The van der Waals surface area contributed by atoms with Crippen molar-refractivity contribution in [2.45, 2.75) is 6.92 Å². The summed E-state index contributed by atoms with van der Waals surface area (Å²) in [5.74, 6) is 2.32. The summed E-state index contributed by atoms with van der Waals surface area (Å²) < 4.78 is 0. The van der Waals surface area contributed by atoms with E-state index in [0.717, 1.165) is 0 Å². The smallest absolute Gasteiger partial charge is 0.159 e. The van der Waals surface area contributed by atoms with Crippen molar-refractivity contribution in [1.82, 2.24) is 0 Å². The Bertz CT molecular complexity index is 366. The van der Waals surface area contributed by atoms with E-state index in [4.69, 9.17) is 12.2 Å². The normalized spacial score (nSPS) is 8.31. The third-order valence-corrected chi connectivity index (χ3v) is 1.58. The van der Waals surface area contributed by atoms with E-state index in [1.165, 1.54) is 13.0 Å². The van der Waals surface area contributed by atoms with Crippen LogP contribution in [0.1, 0.15) is 22.8 Å². The summed E-state index contributed by atoms with van der Waals surface area (Å²) in [5.41, 5.74) is 8.65. The first-order valence-corrected chi connectivity index (χ1v) is 3.48. The molecule has 1 aromatic carbocycles. The van der Waals surface area contributed by atoms with Crippen LogP contribution in [0.2, 0.25) is 0 Å². The van der Waals surface area contributed by atoms with Crippen molar-refractivity contribution in [2.75, 3.05) is 0 Å². The second-order valence-corrected chi connectivity index (χ2v) is 2.46. The summed E-state index contributed by atoms with van der Waals surface area (Å²) in [4.78, 5) is 10.9. The average molecular weight is 385 g/mol. The zero-order chi connectivity index (χ0) is 9.14. The van der Waals surface area contributed by atoms with Crippen molar-refractivity contribution in [1.29, 1.82) is 0 Å². The molecule has 0 fully saturated rings. The third kappa shape index (κ3) is 3.14. The summed E-state index contributed by atoms with van der Waals surface area (Å²) in [6.45, 7) is 1.47. The fraction of sp³-hybridized carbons (Fsp3) is 0.100. The molecule has 0 aliphatic heterocycles. The van der Waals surface area contributed by atoms with Gasteiger partial charge in [-0.25, -0.2) is 0 Å². The van der Waals surface area contributed by atoms with Gasteiger partial charge in [0.1, 0.15) is 0 Å². The molecule has 1 aromatic rings. The largest absolute Gasteiger partial charge is 0.698 e. The molecule has 1 radical (unpaired) electrons. The Morgan fingerprint density at radius 3 is 2.62 bits per heavy atom. The van der Waals surface area contributed by atoms with Crippen molar-refractivity contribution in [3.63, 3.8) is 0 Å². The number of terminal acetylenes is 1. The molecular weight excluding hydrogens is 377 g/mol. The van der Waals surface area contributed by atoms with Gasteiger partial charge in [0.25, 0.3) is 0 Å². The fourth-order valence-corrected chi connectivity index (χ4v) is 0.883. The topological polar surface area (TPSA) is 40.9 Å². The second-order valence-electron chi connectivity index (χ2n) is 2.46. The number of hydrogen-bond acceptors (Lipinski definition) is 1. The minimum Gasteiger partial charge on any atom is -0.698 e. The van der Waals surface area contributed by atoms with Crippen molar-refractivity contribution < 1.29 is 48.9 Å².